The minimum atomic E-state index is -0.250. The van der Waals surface area contributed by atoms with Crippen molar-refractivity contribution in [3.05, 3.63) is 0 Å². The van der Waals surface area contributed by atoms with E-state index in [1.165, 1.54) is 0 Å². The zero-order valence-corrected chi connectivity index (χ0v) is 7.05. The fraction of sp³-hybridized carbons (Fsp3) is 0. The predicted octanol–water partition coefficient (Wildman–Crippen LogP) is -5.89. The third-order valence-electron chi connectivity index (χ3n) is 0. The van der Waals surface area contributed by atoms with E-state index in [4.69, 9.17) is 10.0 Å². The van der Waals surface area contributed by atoms with Crippen molar-refractivity contribution >= 4 is 17.6 Å². The molecule has 6 heteroatoms. The van der Waals surface area contributed by atoms with Crippen LogP contribution in [0.2, 0.25) is 0 Å². The van der Waals surface area contributed by atoms with Crippen LogP contribution in [0.25, 0.3) is 0 Å². The Morgan fingerprint density at radius 3 is 1.50 bits per heavy atom. The molecule has 0 aliphatic rings. The maximum absolute atomic E-state index is 8.36. The van der Waals surface area contributed by atoms with Crippen molar-refractivity contribution in [3.8, 4) is 0 Å². The van der Waals surface area contributed by atoms with Gasteiger partial charge in [-0.1, -0.05) is 0 Å². The van der Waals surface area contributed by atoms with Crippen molar-refractivity contribution in [2.75, 3.05) is 0 Å². The van der Waals surface area contributed by atoms with Gasteiger partial charge in [0.15, 0.2) is 7.69 Å². The smallest absolute Gasteiger partial charge is 0.861 e. The van der Waals surface area contributed by atoms with Crippen LogP contribution in [0, 0.1) is 0 Å². The first-order valence-electron chi connectivity index (χ1n) is 0.494. The first kappa shape index (κ1) is 26.3. The molecule has 0 amide bonds. The minimum Gasteiger partial charge on any atom is -0.861 e. The van der Waals surface area contributed by atoms with Gasteiger partial charge in [0.05, 0.1) is 0 Å². The maximum atomic E-state index is 8.36. The summed E-state index contributed by atoms with van der Waals surface area (Å²) < 4.78 is 0. The van der Waals surface area contributed by atoms with Crippen LogP contribution in [0.4, 0.5) is 0 Å². The first-order valence-corrected chi connectivity index (χ1v) is 0.494. The van der Waals surface area contributed by atoms with Crippen LogP contribution < -0.4 is 34.6 Å². The van der Waals surface area contributed by atoms with Crippen LogP contribution in [0.15, 0.2) is 0 Å². The summed E-state index contributed by atoms with van der Waals surface area (Å²) in [5.41, 5.74) is 0. The summed E-state index contributed by atoms with van der Waals surface area (Å²) in [6.07, 6.45) is 0. The topological polar surface area (TPSA) is 74.8 Å². The van der Waals surface area contributed by atoms with E-state index in [1.54, 1.807) is 0 Å². The molecule has 0 bridgehead atoms. The van der Waals surface area contributed by atoms with Gasteiger partial charge in [-0.15, -0.1) is 0 Å². The van der Waals surface area contributed by atoms with E-state index in [2.05, 4.69) is 0 Å². The van der Waals surface area contributed by atoms with Crippen molar-refractivity contribution in [3.63, 3.8) is 0 Å². The molecule has 0 aromatic carbocycles. The third kappa shape index (κ3) is 54.4. The zero-order chi connectivity index (χ0) is 2.71. The van der Waals surface area contributed by atoms with Gasteiger partial charge in [-0.2, -0.15) is 9.90 Å². The standard InChI is InChI=1S/BHO2.Na.H2O.H3P/c2-1-3;;;/h2H;;1H2;1H3/q-1;+1;;. The number of hydrogen-bond acceptors (Lipinski definition) is 2. The van der Waals surface area contributed by atoms with E-state index in [9.17, 15) is 0 Å². The molecular weight excluding hydrogens is 113 g/mol. The second-order valence-corrected chi connectivity index (χ2v) is 0.105. The van der Waals surface area contributed by atoms with Gasteiger partial charge in [-0.25, -0.2) is 0 Å². The first-order chi connectivity index (χ1) is 1.41. The second kappa shape index (κ2) is 32.7. The van der Waals surface area contributed by atoms with Crippen molar-refractivity contribution in [2.45, 2.75) is 0 Å². The van der Waals surface area contributed by atoms with Crippen molar-refractivity contribution < 1.29 is 45.1 Å². The molecule has 0 aliphatic heterocycles. The Hall–Kier alpha value is 1.37. The van der Waals surface area contributed by atoms with Gasteiger partial charge in [-0.3, -0.25) is 0 Å². The molecular formula is H6BNaO3P. The molecule has 0 rings (SSSR count). The fourth-order valence-corrected chi connectivity index (χ4v) is 0. The monoisotopic (exact) mass is 119 g/mol. The molecule has 3 N–H and O–H groups in total. The summed E-state index contributed by atoms with van der Waals surface area (Å²) in [5, 5.41) is 15.2. The predicted molar refractivity (Wildman–Crippen MR) is 22.7 cm³/mol. The van der Waals surface area contributed by atoms with Gasteiger partial charge >= 0.3 is 29.6 Å². The Morgan fingerprint density at radius 1 is 1.50 bits per heavy atom. The van der Waals surface area contributed by atoms with Crippen LogP contribution in [0.1, 0.15) is 0 Å². The minimum absolute atomic E-state index is 0. The normalized spacial score (nSPS) is 2.33. The van der Waals surface area contributed by atoms with E-state index in [0.29, 0.717) is 0 Å². The molecule has 0 spiro atoms. The number of rotatable bonds is 0. The molecule has 0 heterocycles. The maximum Gasteiger partial charge on any atom is 1.00 e. The van der Waals surface area contributed by atoms with Crippen molar-refractivity contribution in [1.82, 2.24) is 0 Å². The SMILES string of the molecule is O.P.[Na+].[O-][B]O. The average Bonchev–Trinajstić information content (AvgIpc) is 0.918. The Labute approximate surface area is 62.7 Å². The summed E-state index contributed by atoms with van der Waals surface area (Å²) in [5.74, 6) is 0. The van der Waals surface area contributed by atoms with Gasteiger partial charge in [0, 0.05) is 0 Å². The van der Waals surface area contributed by atoms with Crippen LogP contribution in [0.5, 0.6) is 0 Å². The van der Waals surface area contributed by atoms with E-state index < -0.39 is 0 Å². The molecule has 0 aromatic rings. The summed E-state index contributed by atoms with van der Waals surface area (Å²) in [6, 6.07) is 0. The van der Waals surface area contributed by atoms with Gasteiger partial charge in [-0.05, 0) is 0 Å². The molecule has 0 saturated heterocycles. The summed E-state index contributed by atoms with van der Waals surface area (Å²) in [7, 11) is -0.250. The molecule has 0 saturated carbocycles. The average molecular weight is 119 g/mol. The van der Waals surface area contributed by atoms with Gasteiger partial charge in [0.25, 0.3) is 0 Å². The fourth-order valence-electron chi connectivity index (χ4n) is 0. The van der Waals surface area contributed by atoms with Gasteiger partial charge in [0.1, 0.15) is 0 Å². The summed E-state index contributed by atoms with van der Waals surface area (Å²) >= 11 is 0. The Morgan fingerprint density at radius 2 is 1.50 bits per heavy atom. The molecule has 0 aliphatic carbocycles. The molecule has 3 nitrogen and oxygen atoms in total. The third-order valence-corrected chi connectivity index (χ3v) is 0. The quantitative estimate of drug-likeness (QED) is 0.254. The van der Waals surface area contributed by atoms with E-state index in [-0.39, 0.29) is 52.6 Å². The molecule has 1 unspecified atom stereocenters. The van der Waals surface area contributed by atoms with Crippen molar-refractivity contribution in [2.24, 2.45) is 0 Å². The van der Waals surface area contributed by atoms with Crippen molar-refractivity contribution in [1.29, 1.82) is 0 Å². The number of hydrogen-bond donors (Lipinski definition) is 1. The molecule has 0 fully saturated rings. The molecule has 33 valence electrons. The summed E-state index contributed by atoms with van der Waals surface area (Å²) in [4.78, 5) is 0. The van der Waals surface area contributed by atoms with Crippen LogP contribution in [-0.2, 0) is 0 Å². The summed E-state index contributed by atoms with van der Waals surface area (Å²) in [6.45, 7) is 0. The van der Waals surface area contributed by atoms with Crippen LogP contribution >= 0.6 is 9.90 Å². The second-order valence-electron chi connectivity index (χ2n) is 0.105. The van der Waals surface area contributed by atoms with E-state index >= 15 is 0 Å². The Balaban J connectivity index is -0.00000000667. The largest absolute Gasteiger partial charge is 1.00 e. The van der Waals surface area contributed by atoms with Crippen LogP contribution in [-0.4, -0.2) is 18.2 Å². The Bertz CT molecular complexity index is 10.8. The zero-order valence-electron chi connectivity index (χ0n) is 3.64. The molecule has 0 aromatic heterocycles. The van der Waals surface area contributed by atoms with Gasteiger partial charge < -0.3 is 15.5 Å². The van der Waals surface area contributed by atoms with E-state index in [1.807, 2.05) is 0 Å². The molecule has 1 radical (unpaired) electrons. The molecule has 1 atom stereocenters. The Kier molecular flexibility index (Phi) is 143. The van der Waals surface area contributed by atoms with Gasteiger partial charge in [0.2, 0.25) is 0 Å². The van der Waals surface area contributed by atoms with Crippen LogP contribution in [0.3, 0.4) is 0 Å². The molecule has 6 heavy (non-hydrogen) atoms. The van der Waals surface area contributed by atoms with E-state index in [0.717, 1.165) is 0 Å².